The third-order valence-electron chi connectivity index (χ3n) is 0.669. The second-order valence-electron chi connectivity index (χ2n) is 1.36. The standard InChI is InChI=1S/C7H10/c1-3-5-7-6-4-2/h1,5,7H,4,6H2,2H3/b7-5+. The van der Waals surface area contributed by atoms with Gasteiger partial charge in [-0.25, -0.2) is 0 Å². The maximum Gasteiger partial charge on any atom is -0.0162 e. The van der Waals surface area contributed by atoms with Gasteiger partial charge in [0.2, 0.25) is 0 Å². The first kappa shape index (κ1) is 6.30. The van der Waals surface area contributed by atoms with Gasteiger partial charge in [0.25, 0.3) is 0 Å². The fourth-order valence-electron chi connectivity index (χ4n) is 0.318. The van der Waals surface area contributed by atoms with Crippen molar-refractivity contribution in [1.29, 1.82) is 0 Å². The van der Waals surface area contributed by atoms with Crippen molar-refractivity contribution in [2.75, 3.05) is 0 Å². The minimum atomic E-state index is 1.10. The van der Waals surface area contributed by atoms with Crippen molar-refractivity contribution in [3.63, 3.8) is 0 Å². The third kappa shape index (κ3) is 5.30. The number of terminal acetylenes is 1. The fraction of sp³-hybridized carbons (Fsp3) is 0.429. The third-order valence-corrected chi connectivity index (χ3v) is 0.669. The zero-order chi connectivity index (χ0) is 5.54. The molecule has 0 amide bonds. The summed E-state index contributed by atoms with van der Waals surface area (Å²) in [5.41, 5.74) is 0. The predicted octanol–water partition coefficient (Wildman–Crippen LogP) is 1.98. The molecule has 0 rings (SSSR count). The molecule has 0 N–H and O–H groups in total. The molecule has 0 heteroatoms. The van der Waals surface area contributed by atoms with E-state index in [2.05, 4.69) is 12.8 Å². The van der Waals surface area contributed by atoms with Gasteiger partial charge in [0.15, 0.2) is 0 Å². The average Bonchev–Trinajstić information content (AvgIpc) is 1.69. The molecule has 0 aliphatic heterocycles. The Balaban J connectivity index is 2.97. The number of rotatable bonds is 2. The van der Waals surface area contributed by atoms with E-state index in [1.807, 2.05) is 6.08 Å². The van der Waals surface area contributed by atoms with E-state index < -0.39 is 0 Å². The van der Waals surface area contributed by atoms with Gasteiger partial charge in [-0.1, -0.05) is 25.3 Å². The van der Waals surface area contributed by atoms with E-state index in [4.69, 9.17) is 6.42 Å². The van der Waals surface area contributed by atoms with Gasteiger partial charge in [-0.15, -0.1) is 6.42 Å². The lowest BCUT2D eigenvalue weighted by Gasteiger charge is -1.76. The highest BCUT2D eigenvalue weighted by Gasteiger charge is 1.66. The molecular weight excluding hydrogens is 84.1 g/mol. The minimum Gasteiger partial charge on any atom is -0.115 e. The van der Waals surface area contributed by atoms with Crippen LogP contribution in [0.4, 0.5) is 0 Å². The monoisotopic (exact) mass is 94.1 g/mol. The first-order chi connectivity index (χ1) is 3.41. The molecular formula is C7H10. The summed E-state index contributed by atoms with van der Waals surface area (Å²) >= 11 is 0. The summed E-state index contributed by atoms with van der Waals surface area (Å²) < 4.78 is 0. The molecule has 0 nitrogen and oxygen atoms in total. The zero-order valence-corrected chi connectivity index (χ0v) is 4.65. The largest absolute Gasteiger partial charge is 0.115 e. The van der Waals surface area contributed by atoms with Crippen LogP contribution in [0.2, 0.25) is 0 Å². The maximum absolute atomic E-state index is 4.93. The van der Waals surface area contributed by atoms with Gasteiger partial charge in [-0.3, -0.25) is 0 Å². The van der Waals surface area contributed by atoms with Gasteiger partial charge in [0.1, 0.15) is 0 Å². The van der Waals surface area contributed by atoms with Crippen molar-refractivity contribution < 1.29 is 0 Å². The van der Waals surface area contributed by atoms with Crippen LogP contribution >= 0.6 is 0 Å². The molecule has 0 aliphatic rings. The fourth-order valence-corrected chi connectivity index (χ4v) is 0.318. The van der Waals surface area contributed by atoms with Crippen molar-refractivity contribution >= 4 is 0 Å². The topological polar surface area (TPSA) is 0 Å². The summed E-state index contributed by atoms with van der Waals surface area (Å²) in [7, 11) is 0. The molecule has 0 aromatic rings. The molecule has 0 atom stereocenters. The van der Waals surface area contributed by atoms with Gasteiger partial charge in [-0.05, 0) is 12.5 Å². The van der Waals surface area contributed by atoms with Crippen LogP contribution in [0.5, 0.6) is 0 Å². The zero-order valence-electron chi connectivity index (χ0n) is 4.65. The smallest absolute Gasteiger partial charge is 0.0162 e. The van der Waals surface area contributed by atoms with E-state index in [1.165, 1.54) is 6.42 Å². The molecule has 0 radical (unpaired) electrons. The summed E-state index contributed by atoms with van der Waals surface area (Å²) in [6.07, 6.45) is 11.0. The minimum absolute atomic E-state index is 1.10. The second-order valence-corrected chi connectivity index (χ2v) is 1.36. The van der Waals surface area contributed by atoms with Crippen molar-refractivity contribution in [3.05, 3.63) is 12.2 Å². The summed E-state index contributed by atoms with van der Waals surface area (Å²) in [5.74, 6) is 2.42. The van der Waals surface area contributed by atoms with E-state index in [9.17, 15) is 0 Å². The molecule has 0 aromatic heterocycles. The number of allylic oxidation sites excluding steroid dienone is 2. The van der Waals surface area contributed by atoms with Crippen LogP contribution in [0.15, 0.2) is 12.2 Å². The summed E-state index contributed by atoms with van der Waals surface area (Å²) in [4.78, 5) is 0. The SMILES string of the molecule is C#C/C=C/CCC. The second kappa shape index (κ2) is 5.30. The van der Waals surface area contributed by atoms with Crippen molar-refractivity contribution in [1.82, 2.24) is 0 Å². The van der Waals surface area contributed by atoms with Crippen LogP contribution < -0.4 is 0 Å². The molecule has 0 unspecified atom stereocenters. The predicted molar refractivity (Wildman–Crippen MR) is 32.9 cm³/mol. The van der Waals surface area contributed by atoms with E-state index >= 15 is 0 Å². The molecule has 0 spiro atoms. The molecule has 0 heterocycles. The lowest BCUT2D eigenvalue weighted by atomic mass is 10.3. The molecule has 38 valence electrons. The Labute approximate surface area is 45.2 Å². The van der Waals surface area contributed by atoms with Crippen molar-refractivity contribution in [3.8, 4) is 12.3 Å². The highest BCUT2D eigenvalue weighted by Crippen LogP contribution is 1.85. The van der Waals surface area contributed by atoms with Crippen LogP contribution in [0.25, 0.3) is 0 Å². The van der Waals surface area contributed by atoms with Crippen LogP contribution in [-0.2, 0) is 0 Å². The Morgan fingerprint density at radius 1 is 1.71 bits per heavy atom. The lowest BCUT2D eigenvalue weighted by molar-refractivity contribution is 0.959. The van der Waals surface area contributed by atoms with E-state index in [-0.39, 0.29) is 0 Å². The first-order valence-corrected chi connectivity index (χ1v) is 2.53. The van der Waals surface area contributed by atoms with Crippen molar-refractivity contribution in [2.45, 2.75) is 19.8 Å². The average molecular weight is 94.2 g/mol. The van der Waals surface area contributed by atoms with Crippen LogP contribution in [0.1, 0.15) is 19.8 Å². The van der Waals surface area contributed by atoms with E-state index in [0.717, 1.165) is 6.42 Å². The van der Waals surface area contributed by atoms with Gasteiger partial charge in [0.05, 0.1) is 0 Å². The quantitative estimate of drug-likeness (QED) is 0.459. The molecule has 7 heavy (non-hydrogen) atoms. The molecule has 0 fully saturated rings. The maximum atomic E-state index is 4.93. The Morgan fingerprint density at radius 2 is 2.43 bits per heavy atom. The number of unbranched alkanes of at least 4 members (excludes halogenated alkanes) is 1. The Kier molecular flexibility index (Phi) is 4.77. The molecule has 0 bridgehead atoms. The van der Waals surface area contributed by atoms with E-state index in [1.54, 1.807) is 6.08 Å². The normalized spacial score (nSPS) is 9.14. The van der Waals surface area contributed by atoms with Crippen LogP contribution in [0.3, 0.4) is 0 Å². The highest BCUT2D eigenvalue weighted by atomic mass is 13.7. The van der Waals surface area contributed by atoms with Crippen LogP contribution in [-0.4, -0.2) is 0 Å². The van der Waals surface area contributed by atoms with Gasteiger partial charge >= 0.3 is 0 Å². The van der Waals surface area contributed by atoms with E-state index in [0.29, 0.717) is 0 Å². The van der Waals surface area contributed by atoms with Crippen molar-refractivity contribution in [2.24, 2.45) is 0 Å². The van der Waals surface area contributed by atoms with Gasteiger partial charge in [-0.2, -0.15) is 0 Å². The Hall–Kier alpha value is -0.700. The molecule has 0 aliphatic carbocycles. The number of hydrogen-bond acceptors (Lipinski definition) is 0. The van der Waals surface area contributed by atoms with Gasteiger partial charge in [0, 0.05) is 0 Å². The molecule has 0 aromatic carbocycles. The molecule has 0 saturated carbocycles. The van der Waals surface area contributed by atoms with Crippen LogP contribution in [0, 0.1) is 12.3 Å². The Bertz CT molecular complexity index is 82.7. The molecule has 0 saturated heterocycles. The highest BCUT2D eigenvalue weighted by molar-refractivity contribution is 5.08. The summed E-state index contributed by atoms with van der Waals surface area (Å²) in [6, 6.07) is 0. The number of hydrogen-bond donors (Lipinski definition) is 0. The summed E-state index contributed by atoms with van der Waals surface area (Å²) in [6.45, 7) is 2.13. The lowest BCUT2D eigenvalue weighted by Crippen LogP contribution is -1.57. The van der Waals surface area contributed by atoms with Gasteiger partial charge < -0.3 is 0 Å². The first-order valence-electron chi connectivity index (χ1n) is 2.53. The summed E-state index contributed by atoms with van der Waals surface area (Å²) in [5, 5.41) is 0. The Morgan fingerprint density at radius 3 is 2.86 bits per heavy atom.